The molecule has 22 heavy (non-hydrogen) atoms. The van der Waals surface area contributed by atoms with E-state index in [0.717, 1.165) is 24.1 Å². The van der Waals surface area contributed by atoms with Gasteiger partial charge in [0.05, 0.1) is 14.2 Å². The number of rotatable bonds is 3. The number of ether oxygens (including phenoxy) is 2. The number of aliphatic carboxylic acids is 1. The smallest absolute Gasteiger partial charge is 0.315 e. The van der Waals surface area contributed by atoms with Gasteiger partial charge >= 0.3 is 5.97 Å². The summed E-state index contributed by atoms with van der Waals surface area (Å²) < 4.78 is 10.7. The number of methoxy groups -OCH3 is 2. The normalized spacial score (nSPS) is 24.4. The molecule has 1 fully saturated rings. The number of carboxylic acid groups (broad SMARTS) is 1. The van der Waals surface area contributed by atoms with E-state index in [1.165, 1.54) is 0 Å². The Balaban J connectivity index is 1.97. The largest absolute Gasteiger partial charge is 0.493 e. The van der Waals surface area contributed by atoms with Gasteiger partial charge < -0.3 is 14.6 Å². The van der Waals surface area contributed by atoms with Crippen molar-refractivity contribution >= 4 is 11.8 Å². The molecular formula is C16H19NO5. The molecule has 1 aromatic carbocycles. The van der Waals surface area contributed by atoms with E-state index in [-0.39, 0.29) is 24.8 Å². The number of nitrogens with zero attached hydrogens (tertiary/aromatic N) is 1. The highest BCUT2D eigenvalue weighted by Crippen LogP contribution is 2.41. The first-order valence-electron chi connectivity index (χ1n) is 7.29. The summed E-state index contributed by atoms with van der Waals surface area (Å²) in [6, 6.07) is 3.81. The van der Waals surface area contributed by atoms with Crippen molar-refractivity contribution in [2.75, 3.05) is 27.3 Å². The lowest BCUT2D eigenvalue weighted by Crippen LogP contribution is -2.48. The third-order valence-corrected chi connectivity index (χ3v) is 4.61. The molecule has 0 bridgehead atoms. The number of benzene rings is 1. The van der Waals surface area contributed by atoms with Gasteiger partial charge in [0.25, 0.3) is 0 Å². The van der Waals surface area contributed by atoms with Crippen LogP contribution in [0, 0.1) is 5.92 Å². The summed E-state index contributed by atoms with van der Waals surface area (Å²) in [7, 11) is 3.18. The zero-order chi connectivity index (χ0) is 15.9. The van der Waals surface area contributed by atoms with Crippen molar-refractivity contribution < 1.29 is 24.2 Å². The first-order chi connectivity index (χ1) is 10.5. The van der Waals surface area contributed by atoms with Crippen molar-refractivity contribution in [3.63, 3.8) is 0 Å². The second-order valence-corrected chi connectivity index (χ2v) is 5.73. The lowest BCUT2D eigenvalue weighted by atomic mass is 9.82. The number of carbonyl (C=O) groups is 2. The lowest BCUT2D eigenvalue weighted by Gasteiger charge is -2.42. The van der Waals surface area contributed by atoms with Crippen molar-refractivity contribution in [1.29, 1.82) is 0 Å². The van der Waals surface area contributed by atoms with Crippen LogP contribution in [-0.2, 0) is 16.0 Å². The van der Waals surface area contributed by atoms with E-state index in [0.29, 0.717) is 11.5 Å². The number of piperidine rings is 1. The molecule has 2 heterocycles. The van der Waals surface area contributed by atoms with Gasteiger partial charge in [-0.15, -0.1) is 0 Å². The van der Waals surface area contributed by atoms with E-state index in [9.17, 15) is 9.59 Å². The molecule has 118 valence electrons. The maximum Gasteiger partial charge on any atom is 0.315 e. The Labute approximate surface area is 128 Å². The van der Waals surface area contributed by atoms with Crippen molar-refractivity contribution in [3.05, 3.63) is 23.3 Å². The summed E-state index contributed by atoms with van der Waals surface area (Å²) in [6.45, 7) is 1.04. The van der Waals surface area contributed by atoms with Gasteiger partial charge in [0.15, 0.2) is 11.5 Å². The molecule has 2 atom stereocenters. The van der Waals surface area contributed by atoms with Gasteiger partial charge in [-0.25, -0.2) is 0 Å². The van der Waals surface area contributed by atoms with Crippen LogP contribution in [0.4, 0.5) is 0 Å². The molecule has 3 rings (SSSR count). The Morgan fingerprint density at radius 3 is 2.59 bits per heavy atom. The Bertz CT molecular complexity index is 627. The molecule has 2 aliphatic rings. The maximum absolute atomic E-state index is 12.1. The molecule has 0 aliphatic carbocycles. The SMILES string of the molecule is COc1cc2c(cc1OC)C1CC(=O)C(C(=O)O)CN1CC2. The van der Waals surface area contributed by atoms with Crippen LogP contribution in [-0.4, -0.2) is 49.1 Å². The van der Waals surface area contributed by atoms with Crippen LogP contribution in [0.2, 0.25) is 0 Å². The molecule has 6 nitrogen and oxygen atoms in total. The van der Waals surface area contributed by atoms with Crippen molar-refractivity contribution in [2.45, 2.75) is 18.9 Å². The third-order valence-electron chi connectivity index (χ3n) is 4.61. The summed E-state index contributed by atoms with van der Waals surface area (Å²) in [6.07, 6.45) is 1.05. The Hall–Kier alpha value is -2.08. The number of carboxylic acids is 1. The summed E-state index contributed by atoms with van der Waals surface area (Å²) in [5.74, 6) is -0.813. The van der Waals surface area contributed by atoms with Gasteiger partial charge in [0.2, 0.25) is 0 Å². The highest BCUT2D eigenvalue weighted by atomic mass is 16.5. The van der Waals surface area contributed by atoms with E-state index in [1.807, 2.05) is 12.1 Å². The van der Waals surface area contributed by atoms with Crippen molar-refractivity contribution in [1.82, 2.24) is 4.90 Å². The lowest BCUT2D eigenvalue weighted by molar-refractivity contribution is -0.150. The Morgan fingerprint density at radius 2 is 1.95 bits per heavy atom. The topological polar surface area (TPSA) is 76.1 Å². The molecule has 2 aliphatic heterocycles. The zero-order valence-electron chi connectivity index (χ0n) is 12.7. The maximum atomic E-state index is 12.1. The highest BCUT2D eigenvalue weighted by molar-refractivity contribution is 5.99. The number of hydrogen-bond acceptors (Lipinski definition) is 5. The molecule has 1 saturated heterocycles. The Kier molecular flexibility index (Phi) is 3.78. The number of Topliss-reactive ketones (excluding diaryl/α,β-unsaturated/α-hetero) is 1. The van der Waals surface area contributed by atoms with Crippen LogP contribution in [0.5, 0.6) is 11.5 Å². The zero-order valence-corrected chi connectivity index (χ0v) is 12.7. The molecular weight excluding hydrogens is 286 g/mol. The van der Waals surface area contributed by atoms with Crippen LogP contribution in [0.1, 0.15) is 23.6 Å². The number of carbonyl (C=O) groups excluding carboxylic acids is 1. The van der Waals surface area contributed by atoms with Crippen LogP contribution in [0.25, 0.3) is 0 Å². The van der Waals surface area contributed by atoms with Gasteiger partial charge in [-0.2, -0.15) is 0 Å². The summed E-state index contributed by atoms with van der Waals surface area (Å²) in [4.78, 5) is 25.4. The molecule has 0 spiro atoms. The second kappa shape index (κ2) is 5.61. The highest BCUT2D eigenvalue weighted by Gasteiger charge is 2.41. The van der Waals surface area contributed by atoms with Crippen LogP contribution >= 0.6 is 0 Å². The minimum Gasteiger partial charge on any atom is -0.493 e. The average Bonchev–Trinajstić information content (AvgIpc) is 2.52. The molecule has 2 unspecified atom stereocenters. The van der Waals surface area contributed by atoms with Gasteiger partial charge in [-0.1, -0.05) is 0 Å². The molecule has 0 saturated carbocycles. The fraction of sp³-hybridized carbons (Fsp3) is 0.500. The van der Waals surface area contributed by atoms with Crippen LogP contribution < -0.4 is 9.47 Å². The van der Waals surface area contributed by atoms with E-state index >= 15 is 0 Å². The minimum absolute atomic E-state index is 0.0633. The van der Waals surface area contributed by atoms with Crippen molar-refractivity contribution in [2.24, 2.45) is 5.92 Å². The number of hydrogen-bond donors (Lipinski definition) is 1. The van der Waals surface area contributed by atoms with Crippen LogP contribution in [0.3, 0.4) is 0 Å². The van der Waals surface area contributed by atoms with Crippen LogP contribution in [0.15, 0.2) is 12.1 Å². The van der Waals surface area contributed by atoms with Gasteiger partial charge in [0.1, 0.15) is 11.7 Å². The Morgan fingerprint density at radius 1 is 1.27 bits per heavy atom. The summed E-state index contributed by atoms with van der Waals surface area (Å²) in [5, 5.41) is 9.16. The minimum atomic E-state index is -1.03. The summed E-state index contributed by atoms with van der Waals surface area (Å²) in [5.41, 5.74) is 2.18. The monoisotopic (exact) mass is 305 g/mol. The van der Waals surface area contributed by atoms with Gasteiger partial charge in [-0.3, -0.25) is 14.5 Å². The summed E-state index contributed by atoms with van der Waals surface area (Å²) >= 11 is 0. The quantitative estimate of drug-likeness (QED) is 0.848. The predicted molar refractivity (Wildman–Crippen MR) is 78.3 cm³/mol. The molecule has 1 N–H and O–H groups in total. The third kappa shape index (κ3) is 2.33. The number of ketones is 1. The first kappa shape index (κ1) is 14.8. The molecule has 0 radical (unpaired) electrons. The first-order valence-corrected chi connectivity index (χ1v) is 7.29. The average molecular weight is 305 g/mol. The standard InChI is InChI=1S/C16H19NO5/c1-21-14-5-9-3-4-17-8-11(16(19)20)13(18)7-12(17)10(9)6-15(14)22-2/h5-6,11-12H,3-4,7-8H2,1-2H3,(H,19,20). The molecule has 1 aromatic rings. The number of fused-ring (bicyclic) bond motifs is 3. The van der Waals surface area contributed by atoms with Gasteiger partial charge in [-0.05, 0) is 29.7 Å². The fourth-order valence-corrected chi connectivity index (χ4v) is 3.42. The molecule has 0 amide bonds. The molecule has 6 heteroatoms. The molecule has 0 aromatic heterocycles. The fourth-order valence-electron chi connectivity index (χ4n) is 3.42. The van der Waals surface area contributed by atoms with Crippen molar-refractivity contribution in [3.8, 4) is 11.5 Å². The predicted octanol–water partition coefficient (Wildman–Crippen LogP) is 1.28. The van der Waals surface area contributed by atoms with E-state index in [1.54, 1.807) is 14.2 Å². The van der Waals surface area contributed by atoms with E-state index in [2.05, 4.69) is 4.90 Å². The van der Waals surface area contributed by atoms with E-state index < -0.39 is 11.9 Å². The van der Waals surface area contributed by atoms with E-state index in [4.69, 9.17) is 14.6 Å². The second-order valence-electron chi connectivity index (χ2n) is 5.73. The van der Waals surface area contributed by atoms with Gasteiger partial charge in [0, 0.05) is 25.6 Å².